The van der Waals surface area contributed by atoms with Crippen LogP contribution in [0.1, 0.15) is 25.3 Å². The minimum Gasteiger partial charge on any atom is -0.396 e. The third-order valence-corrected chi connectivity index (χ3v) is 2.98. The average molecular weight is 250 g/mol. The van der Waals surface area contributed by atoms with Crippen molar-refractivity contribution in [2.75, 3.05) is 19.7 Å². The van der Waals surface area contributed by atoms with Crippen LogP contribution in [-0.4, -0.2) is 29.8 Å². The first kappa shape index (κ1) is 14.6. The van der Waals surface area contributed by atoms with Gasteiger partial charge in [-0.2, -0.15) is 0 Å². The van der Waals surface area contributed by atoms with Crippen molar-refractivity contribution in [1.82, 2.24) is 5.01 Å². The number of nitroso groups, excluding NO2 is 1. The van der Waals surface area contributed by atoms with Crippen LogP contribution in [0.25, 0.3) is 0 Å². The molecule has 0 aliphatic rings. The van der Waals surface area contributed by atoms with Crippen molar-refractivity contribution in [3.63, 3.8) is 0 Å². The highest BCUT2D eigenvalue weighted by Gasteiger charge is 2.13. The molecular weight excluding hydrogens is 228 g/mol. The molecule has 0 saturated carbocycles. The van der Waals surface area contributed by atoms with Crippen LogP contribution in [0, 0.1) is 10.8 Å². The summed E-state index contributed by atoms with van der Waals surface area (Å²) in [5, 5.41) is 13.9. The second kappa shape index (κ2) is 8.64. The largest absolute Gasteiger partial charge is 0.396 e. The fourth-order valence-corrected chi connectivity index (χ4v) is 1.94. The number of aliphatic hydroxyl groups is 1. The summed E-state index contributed by atoms with van der Waals surface area (Å²) < 4.78 is 0. The number of unbranched alkanes of at least 4 members (excludes halogenated alkanes) is 1. The van der Waals surface area contributed by atoms with Gasteiger partial charge in [0.1, 0.15) is 0 Å². The highest BCUT2D eigenvalue weighted by Crippen LogP contribution is 2.11. The van der Waals surface area contributed by atoms with Gasteiger partial charge in [0.15, 0.2) is 0 Å². The smallest absolute Gasteiger partial charge is 0.0524 e. The second-order valence-electron chi connectivity index (χ2n) is 4.59. The topological polar surface area (TPSA) is 52.9 Å². The lowest BCUT2D eigenvalue weighted by atomic mass is 10.00. The number of benzene rings is 1. The predicted molar refractivity (Wildman–Crippen MR) is 73.0 cm³/mol. The van der Waals surface area contributed by atoms with Crippen molar-refractivity contribution in [1.29, 1.82) is 0 Å². The van der Waals surface area contributed by atoms with Crippen LogP contribution >= 0.6 is 0 Å². The molecule has 0 fully saturated rings. The number of nitrogens with zero attached hydrogens (tertiary/aromatic N) is 2. The number of hydrogen-bond acceptors (Lipinski definition) is 3. The van der Waals surface area contributed by atoms with E-state index < -0.39 is 0 Å². The molecule has 4 nitrogen and oxygen atoms in total. The molecule has 0 saturated heterocycles. The molecule has 0 unspecified atom stereocenters. The van der Waals surface area contributed by atoms with E-state index in [1.165, 1.54) is 10.6 Å². The molecule has 18 heavy (non-hydrogen) atoms. The average Bonchev–Trinajstić information content (AvgIpc) is 2.43. The van der Waals surface area contributed by atoms with E-state index in [9.17, 15) is 10.0 Å². The van der Waals surface area contributed by atoms with Gasteiger partial charge in [-0.05, 0) is 18.4 Å². The summed E-state index contributed by atoms with van der Waals surface area (Å²) in [6.45, 7) is 3.35. The molecule has 0 heterocycles. The molecule has 0 bridgehead atoms. The highest BCUT2D eigenvalue weighted by atomic mass is 16.3. The SMILES string of the molecule is CCCCN(C[C@@H](CO)Cc1ccccc1)N=O. The van der Waals surface area contributed by atoms with E-state index in [0.717, 1.165) is 19.3 Å². The molecule has 100 valence electrons. The monoisotopic (exact) mass is 250 g/mol. The molecule has 0 radical (unpaired) electrons. The first-order valence-electron chi connectivity index (χ1n) is 6.53. The van der Waals surface area contributed by atoms with Gasteiger partial charge in [0.05, 0.1) is 5.29 Å². The van der Waals surface area contributed by atoms with Crippen LogP contribution in [0.3, 0.4) is 0 Å². The van der Waals surface area contributed by atoms with E-state index in [1.807, 2.05) is 30.3 Å². The summed E-state index contributed by atoms with van der Waals surface area (Å²) in [5.41, 5.74) is 1.18. The molecule has 1 N–H and O–H groups in total. The second-order valence-corrected chi connectivity index (χ2v) is 4.59. The van der Waals surface area contributed by atoms with Crippen molar-refractivity contribution < 1.29 is 5.11 Å². The normalized spacial score (nSPS) is 12.1. The Kier molecular flexibility index (Phi) is 7.03. The molecule has 1 aromatic carbocycles. The summed E-state index contributed by atoms with van der Waals surface area (Å²) in [7, 11) is 0. The molecule has 0 amide bonds. The number of aliphatic hydroxyl groups excluding tert-OH is 1. The lowest BCUT2D eigenvalue weighted by Crippen LogP contribution is -2.28. The maximum atomic E-state index is 10.7. The van der Waals surface area contributed by atoms with E-state index in [2.05, 4.69) is 12.2 Å². The molecule has 0 aromatic heterocycles. The summed E-state index contributed by atoms with van der Waals surface area (Å²) in [6, 6.07) is 10.0. The molecule has 4 heteroatoms. The van der Waals surface area contributed by atoms with Crippen molar-refractivity contribution >= 4 is 0 Å². The Morgan fingerprint density at radius 1 is 1.33 bits per heavy atom. The van der Waals surface area contributed by atoms with Gasteiger partial charge in [-0.1, -0.05) is 43.7 Å². The van der Waals surface area contributed by atoms with E-state index in [-0.39, 0.29) is 12.5 Å². The Morgan fingerprint density at radius 3 is 2.61 bits per heavy atom. The maximum absolute atomic E-state index is 10.7. The highest BCUT2D eigenvalue weighted by molar-refractivity contribution is 5.15. The Morgan fingerprint density at radius 2 is 2.06 bits per heavy atom. The third kappa shape index (κ3) is 5.27. The Labute approximate surface area is 109 Å². The van der Waals surface area contributed by atoms with E-state index in [0.29, 0.717) is 13.1 Å². The standard InChI is InChI=1S/C14H22N2O2/c1-2-3-9-16(15-18)11-14(12-17)10-13-7-5-4-6-8-13/h4-8,14,17H,2-3,9-12H2,1H3/t14-/m0/s1. The first-order valence-corrected chi connectivity index (χ1v) is 6.53. The lowest BCUT2D eigenvalue weighted by molar-refractivity contribution is 0.163. The molecule has 1 aromatic rings. The van der Waals surface area contributed by atoms with Crippen LogP contribution in [0.4, 0.5) is 0 Å². The van der Waals surface area contributed by atoms with Gasteiger partial charge in [-0.25, -0.2) is 0 Å². The molecule has 0 aliphatic heterocycles. The predicted octanol–water partition coefficient (Wildman–Crippen LogP) is 2.62. The number of hydrogen-bond donors (Lipinski definition) is 1. The quantitative estimate of drug-likeness (QED) is 0.541. The zero-order valence-electron chi connectivity index (χ0n) is 11.0. The summed E-state index contributed by atoms with van der Waals surface area (Å²) in [6.07, 6.45) is 2.76. The first-order chi connectivity index (χ1) is 8.80. The van der Waals surface area contributed by atoms with Crippen molar-refractivity contribution in [2.45, 2.75) is 26.2 Å². The van der Waals surface area contributed by atoms with Crippen molar-refractivity contribution in [2.24, 2.45) is 11.2 Å². The fraction of sp³-hybridized carbons (Fsp3) is 0.571. The number of rotatable bonds is 9. The zero-order valence-corrected chi connectivity index (χ0v) is 11.0. The minimum absolute atomic E-state index is 0.0574. The van der Waals surface area contributed by atoms with Gasteiger partial charge in [0, 0.05) is 25.6 Å². The summed E-state index contributed by atoms with van der Waals surface area (Å²) in [5.74, 6) is 0.0574. The maximum Gasteiger partial charge on any atom is 0.0524 e. The van der Waals surface area contributed by atoms with E-state index in [4.69, 9.17) is 0 Å². The van der Waals surface area contributed by atoms with Crippen LogP contribution in [-0.2, 0) is 6.42 Å². The Balaban J connectivity index is 2.47. The fourth-order valence-electron chi connectivity index (χ4n) is 1.94. The zero-order chi connectivity index (χ0) is 13.2. The van der Waals surface area contributed by atoms with E-state index >= 15 is 0 Å². The van der Waals surface area contributed by atoms with Crippen molar-refractivity contribution in [3.8, 4) is 0 Å². The third-order valence-electron chi connectivity index (χ3n) is 2.98. The van der Waals surface area contributed by atoms with Crippen molar-refractivity contribution in [3.05, 3.63) is 40.8 Å². The van der Waals surface area contributed by atoms with Crippen LogP contribution in [0.2, 0.25) is 0 Å². The van der Waals surface area contributed by atoms with Crippen LogP contribution < -0.4 is 0 Å². The Hall–Kier alpha value is -1.42. The molecule has 0 aliphatic carbocycles. The molecule has 1 rings (SSSR count). The Bertz CT molecular complexity index is 330. The molecule has 1 atom stereocenters. The molecular formula is C14H22N2O2. The summed E-state index contributed by atoms with van der Waals surface area (Å²) >= 11 is 0. The van der Waals surface area contributed by atoms with Gasteiger partial charge >= 0.3 is 0 Å². The van der Waals surface area contributed by atoms with Gasteiger partial charge < -0.3 is 5.11 Å². The van der Waals surface area contributed by atoms with Gasteiger partial charge in [-0.15, -0.1) is 4.91 Å². The van der Waals surface area contributed by atoms with Gasteiger partial charge in [0.2, 0.25) is 0 Å². The van der Waals surface area contributed by atoms with Gasteiger partial charge in [0.25, 0.3) is 0 Å². The summed E-state index contributed by atoms with van der Waals surface area (Å²) in [4.78, 5) is 10.7. The van der Waals surface area contributed by atoms with Gasteiger partial charge in [-0.3, -0.25) is 5.01 Å². The van der Waals surface area contributed by atoms with E-state index in [1.54, 1.807) is 0 Å². The minimum atomic E-state index is 0.0574. The van der Waals surface area contributed by atoms with Crippen LogP contribution in [0.5, 0.6) is 0 Å². The van der Waals surface area contributed by atoms with Crippen LogP contribution in [0.15, 0.2) is 35.6 Å². The lowest BCUT2D eigenvalue weighted by Gasteiger charge is -2.21. The molecule has 0 spiro atoms.